The molecule has 0 aromatic carbocycles. The van der Waals surface area contributed by atoms with Gasteiger partial charge in [-0.25, -0.2) is 0 Å². The lowest BCUT2D eigenvalue weighted by Crippen LogP contribution is -2.44. The largest absolute Gasteiger partial charge is 0.377 e. The van der Waals surface area contributed by atoms with E-state index in [-0.39, 0.29) is 12.0 Å². The molecule has 1 unspecified atom stereocenters. The highest BCUT2D eigenvalue weighted by Gasteiger charge is 2.15. The molecule has 0 heterocycles. The van der Waals surface area contributed by atoms with Crippen molar-refractivity contribution >= 4 is 5.91 Å². The van der Waals surface area contributed by atoms with Crippen LogP contribution in [0.1, 0.15) is 34.1 Å². The van der Waals surface area contributed by atoms with Crippen LogP contribution in [0.4, 0.5) is 0 Å². The SMILES string of the molecule is CCOC(C)CNC(=O)[C@@H](N)CC(C)C. The standard InChI is InChI=1S/C11H24N2O2/c1-5-15-9(4)7-13-11(14)10(12)6-8(2)3/h8-10H,5-7,12H2,1-4H3,(H,13,14)/t9?,10-/m0/s1. The number of nitrogens with two attached hydrogens (primary N) is 1. The zero-order valence-corrected chi connectivity index (χ0v) is 10.2. The van der Waals surface area contributed by atoms with Gasteiger partial charge in [-0.2, -0.15) is 0 Å². The van der Waals surface area contributed by atoms with Crippen LogP contribution >= 0.6 is 0 Å². The fourth-order valence-electron chi connectivity index (χ4n) is 1.33. The first-order valence-corrected chi connectivity index (χ1v) is 5.62. The molecule has 2 atom stereocenters. The second-order valence-electron chi connectivity index (χ2n) is 4.25. The van der Waals surface area contributed by atoms with Crippen molar-refractivity contribution < 1.29 is 9.53 Å². The Bertz CT molecular complexity index is 183. The smallest absolute Gasteiger partial charge is 0.237 e. The fourth-order valence-corrected chi connectivity index (χ4v) is 1.33. The molecule has 0 aliphatic rings. The summed E-state index contributed by atoms with van der Waals surface area (Å²) in [5.41, 5.74) is 5.73. The van der Waals surface area contributed by atoms with E-state index in [9.17, 15) is 4.79 Å². The van der Waals surface area contributed by atoms with Crippen LogP contribution in [0.3, 0.4) is 0 Å². The first kappa shape index (κ1) is 14.4. The summed E-state index contributed by atoms with van der Waals surface area (Å²) < 4.78 is 5.30. The van der Waals surface area contributed by atoms with Gasteiger partial charge in [0.05, 0.1) is 12.1 Å². The Morgan fingerprint density at radius 2 is 2.00 bits per heavy atom. The zero-order valence-electron chi connectivity index (χ0n) is 10.2. The molecular weight excluding hydrogens is 192 g/mol. The molecule has 90 valence electrons. The van der Waals surface area contributed by atoms with Gasteiger partial charge in [0.2, 0.25) is 5.91 Å². The molecule has 0 saturated heterocycles. The number of carbonyl (C=O) groups is 1. The molecule has 0 saturated carbocycles. The van der Waals surface area contributed by atoms with Crippen molar-refractivity contribution in [2.75, 3.05) is 13.2 Å². The predicted molar refractivity (Wildman–Crippen MR) is 61.5 cm³/mol. The highest BCUT2D eigenvalue weighted by atomic mass is 16.5. The van der Waals surface area contributed by atoms with Crippen molar-refractivity contribution in [1.82, 2.24) is 5.32 Å². The highest BCUT2D eigenvalue weighted by molar-refractivity contribution is 5.81. The van der Waals surface area contributed by atoms with Crippen LogP contribution in [0.5, 0.6) is 0 Å². The van der Waals surface area contributed by atoms with Crippen molar-refractivity contribution in [2.45, 2.75) is 46.3 Å². The minimum atomic E-state index is -0.404. The minimum absolute atomic E-state index is 0.0465. The van der Waals surface area contributed by atoms with Crippen LogP contribution in [-0.2, 0) is 9.53 Å². The third kappa shape index (κ3) is 7.33. The maximum Gasteiger partial charge on any atom is 0.237 e. The first-order valence-electron chi connectivity index (χ1n) is 5.62. The van der Waals surface area contributed by atoms with Gasteiger partial charge in [0.1, 0.15) is 0 Å². The van der Waals surface area contributed by atoms with Gasteiger partial charge in [-0.15, -0.1) is 0 Å². The van der Waals surface area contributed by atoms with Crippen molar-refractivity contribution in [2.24, 2.45) is 11.7 Å². The van der Waals surface area contributed by atoms with E-state index < -0.39 is 6.04 Å². The van der Waals surface area contributed by atoms with E-state index in [2.05, 4.69) is 19.2 Å². The highest BCUT2D eigenvalue weighted by Crippen LogP contribution is 2.02. The molecule has 1 amide bonds. The summed E-state index contributed by atoms with van der Waals surface area (Å²) in [6.45, 7) is 9.15. The molecule has 4 heteroatoms. The molecule has 0 aliphatic carbocycles. The molecule has 0 bridgehead atoms. The molecule has 0 rings (SSSR count). The van der Waals surface area contributed by atoms with E-state index in [1.807, 2.05) is 13.8 Å². The quantitative estimate of drug-likeness (QED) is 0.664. The Kier molecular flexibility index (Phi) is 7.34. The third-order valence-electron chi connectivity index (χ3n) is 2.08. The van der Waals surface area contributed by atoms with Crippen LogP contribution in [0.2, 0.25) is 0 Å². The lowest BCUT2D eigenvalue weighted by atomic mass is 10.0. The van der Waals surface area contributed by atoms with Crippen LogP contribution in [-0.4, -0.2) is 31.2 Å². The van der Waals surface area contributed by atoms with Gasteiger partial charge in [0.25, 0.3) is 0 Å². The molecule has 0 aromatic rings. The molecule has 0 aromatic heterocycles. The molecule has 15 heavy (non-hydrogen) atoms. The number of rotatable bonds is 7. The Morgan fingerprint density at radius 3 is 2.47 bits per heavy atom. The number of carbonyl (C=O) groups excluding carboxylic acids is 1. The summed E-state index contributed by atoms with van der Waals surface area (Å²) >= 11 is 0. The third-order valence-corrected chi connectivity index (χ3v) is 2.08. The molecule has 0 spiro atoms. The van der Waals surface area contributed by atoms with E-state index in [0.717, 1.165) is 6.42 Å². The summed E-state index contributed by atoms with van der Waals surface area (Å²) in [6.07, 6.45) is 0.764. The van der Waals surface area contributed by atoms with Gasteiger partial charge in [-0.05, 0) is 26.2 Å². The molecule has 0 radical (unpaired) electrons. The van der Waals surface area contributed by atoms with Crippen molar-refractivity contribution in [3.8, 4) is 0 Å². The van der Waals surface area contributed by atoms with Gasteiger partial charge >= 0.3 is 0 Å². The zero-order chi connectivity index (χ0) is 11.8. The van der Waals surface area contributed by atoms with Gasteiger partial charge < -0.3 is 15.8 Å². The molecule has 4 nitrogen and oxygen atoms in total. The second-order valence-corrected chi connectivity index (χ2v) is 4.25. The van der Waals surface area contributed by atoms with E-state index in [1.165, 1.54) is 0 Å². The van der Waals surface area contributed by atoms with Crippen LogP contribution in [0, 0.1) is 5.92 Å². The van der Waals surface area contributed by atoms with Gasteiger partial charge in [0, 0.05) is 13.2 Å². The maximum atomic E-state index is 11.5. The Balaban J connectivity index is 3.72. The average molecular weight is 216 g/mol. The monoisotopic (exact) mass is 216 g/mol. The van der Waals surface area contributed by atoms with E-state index in [4.69, 9.17) is 10.5 Å². The summed E-state index contributed by atoms with van der Waals surface area (Å²) in [6, 6.07) is -0.404. The Labute approximate surface area is 92.6 Å². The van der Waals surface area contributed by atoms with E-state index >= 15 is 0 Å². The first-order chi connectivity index (χ1) is 6.97. The molecule has 0 fully saturated rings. The van der Waals surface area contributed by atoms with E-state index in [1.54, 1.807) is 0 Å². The van der Waals surface area contributed by atoms with Gasteiger partial charge in [-0.3, -0.25) is 4.79 Å². The number of hydrogen-bond acceptors (Lipinski definition) is 3. The number of ether oxygens (including phenoxy) is 1. The van der Waals surface area contributed by atoms with Gasteiger partial charge in [0.15, 0.2) is 0 Å². The summed E-state index contributed by atoms with van der Waals surface area (Å²) in [4.78, 5) is 11.5. The number of nitrogens with one attached hydrogen (secondary N) is 1. The Hall–Kier alpha value is -0.610. The molecular formula is C11H24N2O2. The van der Waals surface area contributed by atoms with Crippen molar-refractivity contribution in [3.05, 3.63) is 0 Å². The number of hydrogen-bond donors (Lipinski definition) is 2. The van der Waals surface area contributed by atoms with Crippen molar-refractivity contribution in [1.29, 1.82) is 0 Å². The Morgan fingerprint density at radius 1 is 1.40 bits per heavy atom. The number of amides is 1. The average Bonchev–Trinajstić information content (AvgIpc) is 2.13. The fraction of sp³-hybridized carbons (Fsp3) is 0.909. The second kappa shape index (κ2) is 7.65. The summed E-state index contributed by atoms with van der Waals surface area (Å²) in [5, 5.41) is 2.78. The predicted octanol–water partition coefficient (Wildman–Crippen LogP) is 0.901. The van der Waals surface area contributed by atoms with Crippen molar-refractivity contribution in [3.63, 3.8) is 0 Å². The summed E-state index contributed by atoms with van der Waals surface area (Å²) in [5.74, 6) is 0.352. The van der Waals surface area contributed by atoms with Crippen LogP contribution < -0.4 is 11.1 Å². The van der Waals surface area contributed by atoms with Crippen LogP contribution in [0.25, 0.3) is 0 Å². The minimum Gasteiger partial charge on any atom is -0.377 e. The van der Waals surface area contributed by atoms with Gasteiger partial charge in [-0.1, -0.05) is 13.8 Å². The normalized spacial score (nSPS) is 15.1. The maximum absolute atomic E-state index is 11.5. The van der Waals surface area contributed by atoms with Crippen LogP contribution in [0.15, 0.2) is 0 Å². The molecule has 0 aliphatic heterocycles. The van der Waals surface area contributed by atoms with E-state index in [0.29, 0.717) is 19.1 Å². The lowest BCUT2D eigenvalue weighted by Gasteiger charge is -2.16. The topological polar surface area (TPSA) is 64.3 Å². The molecule has 3 N–H and O–H groups in total. The summed E-state index contributed by atoms with van der Waals surface area (Å²) in [7, 11) is 0. The lowest BCUT2D eigenvalue weighted by molar-refractivity contribution is -0.123.